The third-order valence-corrected chi connectivity index (χ3v) is 4.28. The molecule has 1 heterocycles. The van der Waals surface area contributed by atoms with Gasteiger partial charge >= 0.3 is 0 Å². The first kappa shape index (κ1) is 12.3. The zero-order chi connectivity index (χ0) is 12.4. The van der Waals surface area contributed by atoms with Gasteiger partial charge in [-0.15, -0.1) is 11.3 Å². The Labute approximate surface area is 107 Å². The van der Waals surface area contributed by atoms with Crippen LogP contribution < -0.4 is 0 Å². The Bertz CT molecular complexity index is 457. The van der Waals surface area contributed by atoms with Crippen LogP contribution in [0.4, 0.5) is 5.00 Å². The molecule has 0 aromatic carbocycles. The van der Waals surface area contributed by atoms with E-state index in [1.807, 2.05) is 32.1 Å². The Hall–Kier alpha value is -1.16. The zero-order valence-electron chi connectivity index (χ0n) is 10.7. The fraction of sp³-hybridized carbons (Fsp3) is 0.538. The van der Waals surface area contributed by atoms with E-state index in [2.05, 4.69) is 4.99 Å². The van der Waals surface area contributed by atoms with Gasteiger partial charge in [-0.1, -0.05) is 0 Å². The Balaban J connectivity index is 2.53. The van der Waals surface area contributed by atoms with Crippen LogP contribution in [0.2, 0.25) is 0 Å². The van der Waals surface area contributed by atoms with Gasteiger partial charge in [0, 0.05) is 25.2 Å². The van der Waals surface area contributed by atoms with E-state index in [0.717, 1.165) is 23.4 Å². The minimum Gasteiger partial charge on any atom is -0.363 e. The first-order valence-electron chi connectivity index (χ1n) is 6.04. The summed E-state index contributed by atoms with van der Waals surface area (Å²) in [5.41, 5.74) is 2.44. The van der Waals surface area contributed by atoms with Crippen molar-refractivity contribution in [1.82, 2.24) is 4.90 Å². The fourth-order valence-electron chi connectivity index (χ4n) is 2.23. The number of fused-ring (bicyclic) bond motifs is 1. The maximum atomic E-state index is 8.22. The minimum atomic E-state index is 0.588. The van der Waals surface area contributed by atoms with E-state index in [9.17, 15) is 0 Å². The number of aliphatic imine (C=N–C) groups is 1. The third kappa shape index (κ3) is 2.27. The second-order valence-electron chi connectivity index (χ2n) is 4.52. The molecule has 0 saturated carbocycles. The second kappa shape index (κ2) is 5.00. The van der Waals surface area contributed by atoms with Crippen molar-refractivity contribution in [2.45, 2.75) is 32.6 Å². The van der Waals surface area contributed by atoms with Crippen LogP contribution >= 0.6 is 11.3 Å². The third-order valence-electron chi connectivity index (χ3n) is 3.08. The molecule has 0 spiro atoms. The number of hydrogen-bond donors (Lipinski definition) is 1. The van der Waals surface area contributed by atoms with Gasteiger partial charge in [0.05, 0.1) is 5.56 Å². The molecular weight excluding hydrogens is 230 g/mol. The molecule has 0 amide bonds. The van der Waals surface area contributed by atoms with E-state index < -0.39 is 0 Å². The average molecular weight is 249 g/mol. The number of rotatable bonds is 2. The predicted molar refractivity (Wildman–Crippen MR) is 75.3 cm³/mol. The highest BCUT2D eigenvalue weighted by Crippen LogP contribution is 2.40. The van der Waals surface area contributed by atoms with Crippen molar-refractivity contribution in [3.05, 3.63) is 16.0 Å². The summed E-state index contributed by atoms with van der Waals surface area (Å²) in [4.78, 5) is 7.75. The summed E-state index contributed by atoms with van der Waals surface area (Å²) in [6.07, 6.45) is 6.61. The van der Waals surface area contributed by atoms with Gasteiger partial charge in [0.2, 0.25) is 0 Å². The maximum Gasteiger partial charge on any atom is 0.130 e. The molecule has 0 radical (unpaired) electrons. The number of hydrogen-bond acceptors (Lipinski definition) is 3. The monoisotopic (exact) mass is 249 g/mol. The first-order chi connectivity index (χ1) is 8.15. The summed E-state index contributed by atoms with van der Waals surface area (Å²) < 4.78 is 0. The SMILES string of the molecule is C/C=N\c1sc2c(c1C(=N)N(C)C)CCCC2. The van der Waals surface area contributed by atoms with Crippen molar-refractivity contribution in [3.63, 3.8) is 0 Å². The summed E-state index contributed by atoms with van der Waals surface area (Å²) in [5.74, 6) is 0.588. The van der Waals surface area contributed by atoms with Crippen molar-refractivity contribution in [2.24, 2.45) is 4.99 Å². The average Bonchev–Trinajstić information content (AvgIpc) is 2.66. The molecule has 0 unspecified atom stereocenters. The summed E-state index contributed by atoms with van der Waals surface area (Å²) in [7, 11) is 3.85. The van der Waals surface area contributed by atoms with Crippen molar-refractivity contribution in [1.29, 1.82) is 5.41 Å². The van der Waals surface area contributed by atoms with Crippen LogP contribution in [-0.2, 0) is 12.8 Å². The van der Waals surface area contributed by atoms with E-state index in [0.29, 0.717) is 5.84 Å². The number of amidine groups is 1. The first-order valence-corrected chi connectivity index (χ1v) is 6.86. The van der Waals surface area contributed by atoms with Crippen LogP contribution in [0.15, 0.2) is 4.99 Å². The van der Waals surface area contributed by atoms with Crippen molar-refractivity contribution in [2.75, 3.05) is 14.1 Å². The molecular formula is C13H19N3S. The highest BCUT2D eigenvalue weighted by molar-refractivity contribution is 7.16. The Kier molecular flexibility index (Phi) is 3.62. The molecule has 0 fully saturated rings. The molecule has 3 nitrogen and oxygen atoms in total. The normalized spacial score (nSPS) is 15.0. The van der Waals surface area contributed by atoms with E-state index in [1.165, 1.54) is 23.3 Å². The number of nitrogens with one attached hydrogen (secondary N) is 1. The van der Waals surface area contributed by atoms with Crippen LogP contribution in [0.5, 0.6) is 0 Å². The number of nitrogens with zero attached hydrogens (tertiary/aromatic N) is 2. The summed E-state index contributed by atoms with van der Waals surface area (Å²) in [6.45, 7) is 1.93. The summed E-state index contributed by atoms with van der Waals surface area (Å²) >= 11 is 1.77. The quantitative estimate of drug-likeness (QED) is 0.634. The lowest BCUT2D eigenvalue weighted by Crippen LogP contribution is -2.23. The molecule has 0 bridgehead atoms. The summed E-state index contributed by atoms with van der Waals surface area (Å²) in [6, 6.07) is 0. The molecule has 0 aliphatic heterocycles. The molecule has 0 saturated heterocycles. The lowest BCUT2D eigenvalue weighted by atomic mass is 9.95. The Morgan fingerprint density at radius 2 is 2.06 bits per heavy atom. The van der Waals surface area contributed by atoms with Crippen LogP contribution in [-0.4, -0.2) is 31.0 Å². The molecule has 92 valence electrons. The molecule has 1 aliphatic carbocycles. The van der Waals surface area contributed by atoms with Gasteiger partial charge in [0.15, 0.2) is 0 Å². The van der Waals surface area contributed by atoms with E-state index in [-0.39, 0.29) is 0 Å². The Morgan fingerprint density at radius 1 is 1.35 bits per heavy atom. The van der Waals surface area contributed by atoms with Crippen LogP contribution in [0.1, 0.15) is 35.8 Å². The molecule has 1 aromatic rings. The van der Waals surface area contributed by atoms with Crippen molar-refractivity contribution >= 4 is 28.4 Å². The second-order valence-corrected chi connectivity index (χ2v) is 5.61. The summed E-state index contributed by atoms with van der Waals surface area (Å²) in [5, 5.41) is 9.23. The molecule has 2 rings (SSSR count). The molecule has 1 aliphatic rings. The molecule has 0 atom stereocenters. The van der Waals surface area contributed by atoms with Crippen LogP contribution in [0.25, 0.3) is 0 Å². The van der Waals surface area contributed by atoms with Gasteiger partial charge in [-0.2, -0.15) is 0 Å². The molecule has 4 heteroatoms. The minimum absolute atomic E-state index is 0.588. The number of aryl methyl sites for hydroxylation is 1. The smallest absolute Gasteiger partial charge is 0.130 e. The fourth-order valence-corrected chi connectivity index (χ4v) is 3.51. The van der Waals surface area contributed by atoms with E-state index >= 15 is 0 Å². The van der Waals surface area contributed by atoms with Gasteiger partial charge in [0.1, 0.15) is 10.8 Å². The van der Waals surface area contributed by atoms with E-state index in [1.54, 1.807) is 11.3 Å². The van der Waals surface area contributed by atoms with Gasteiger partial charge < -0.3 is 4.90 Å². The Morgan fingerprint density at radius 3 is 2.71 bits per heavy atom. The van der Waals surface area contributed by atoms with Gasteiger partial charge in [-0.3, -0.25) is 5.41 Å². The van der Waals surface area contributed by atoms with Gasteiger partial charge in [-0.05, 0) is 38.2 Å². The highest BCUT2D eigenvalue weighted by atomic mass is 32.1. The molecule has 1 N–H and O–H groups in total. The molecule has 17 heavy (non-hydrogen) atoms. The number of thiophene rings is 1. The topological polar surface area (TPSA) is 39.5 Å². The largest absolute Gasteiger partial charge is 0.363 e. The van der Waals surface area contributed by atoms with Crippen molar-refractivity contribution in [3.8, 4) is 0 Å². The highest BCUT2D eigenvalue weighted by Gasteiger charge is 2.23. The van der Waals surface area contributed by atoms with E-state index in [4.69, 9.17) is 5.41 Å². The van der Waals surface area contributed by atoms with Crippen molar-refractivity contribution < 1.29 is 0 Å². The maximum absolute atomic E-state index is 8.22. The standard InChI is InChI=1S/C13H19N3S/c1-4-15-13-11(12(14)16(2)3)9-7-5-6-8-10(9)17-13/h4,14H,5-8H2,1-3H3/b14-12?,15-4-. The molecule has 1 aromatic heterocycles. The lowest BCUT2D eigenvalue weighted by molar-refractivity contribution is 0.616. The zero-order valence-corrected chi connectivity index (χ0v) is 11.5. The lowest BCUT2D eigenvalue weighted by Gasteiger charge is -2.17. The van der Waals surface area contributed by atoms with Gasteiger partial charge in [-0.25, -0.2) is 4.99 Å². The predicted octanol–water partition coefficient (Wildman–Crippen LogP) is 3.24. The van der Waals surface area contributed by atoms with Crippen LogP contribution in [0, 0.1) is 5.41 Å². The van der Waals surface area contributed by atoms with Gasteiger partial charge in [0.25, 0.3) is 0 Å². The van der Waals surface area contributed by atoms with Crippen LogP contribution in [0.3, 0.4) is 0 Å².